The Morgan fingerprint density at radius 1 is 1.19 bits per heavy atom. The second-order valence-electron chi connectivity index (χ2n) is 5.65. The van der Waals surface area contributed by atoms with Crippen LogP contribution < -0.4 is 20.5 Å². The number of halogens is 1. The summed E-state index contributed by atoms with van der Waals surface area (Å²) in [6.45, 7) is 2.42. The second-order valence-corrected chi connectivity index (χ2v) is 6.06. The Kier molecular flexibility index (Phi) is 5.57. The zero-order chi connectivity index (χ0) is 19.4. The third-order valence-corrected chi connectivity index (χ3v) is 4.14. The zero-order valence-corrected chi connectivity index (χ0v) is 15.7. The molecule has 1 amide bonds. The van der Waals surface area contributed by atoms with Gasteiger partial charge in [0, 0.05) is 11.6 Å². The topological polar surface area (TPSA) is 86.7 Å². The van der Waals surface area contributed by atoms with Crippen LogP contribution in [0.15, 0.2) is 52.9 Å². The van der Waals surface area contributed by atoms with E-state index in [0.717, 1.165) is 5.56 Å². The van der Waals surface area contributed by atoms with Gasteiger partial charge in [-0.1, -0.05) is 11.6 Å². The summed E-state index contributed by atoms with van der Waals surface area (Å²) >= 11 is 6.14. The lowest BCUT2D eigenvalue weighted by Gasteiger charge is -2.09. The van der Waals surface area contributed by atoms with Crippen molar-refractivity contribution >= 4 is 28.9 Å². The number of hydrogen-bond acceptors (Lipinski definition) is 5. The summed E-state index contributed by atoms with van der Waals surface area (Å²) in [4.78, 5) is 12.5. The summed E-state index contributed by atoms with van der Waals surface area (Å²) < 4.78 is 16.2. The van der Waals surface area contributed by atoms with Crippen LogP contribution in [0, 0.1) is 0 Å². The molecule has 6 nitrogen and oxygen atoms in total. The number of anilines is 2. The van der Waals surface area contributed by atoms with Gasteiger partial charge in [-0.3, -0.25) is 4.79 Å². The van der Waals surface area contributed by atoms with Crippen molar-refractivity contribution in [3.63, 3.8) is 0 Å². The Bertz CT molecular complexity index is 968. The molecular weight excluding hydrogens is 368 g/mol. The van der Waals surface area contributed by atoms with E-state index in [2.05, 4.69) is 5.32 Å². The van der Waals surface area contributed by atoms with Crippen molar-refractivity contribution in [3.05, 3.63) is 59.3 Å². The third-order valence-electron chi connectivity index (χ3n) is 3.85. The molecular formula is C20H19ClN2O4. The summed E-state index contributed by atoms with van der Waals surface area (Å²) in [6.07, 6.45) is 0. The molecule has 3 rings (SSSR count). The number of methoxy groups -OCH3 is 1. The van der Waals surface area contributed by atoms with Crippen molar-refractivity contribution in [1.29, 1.82) is 0 Å². The molecule has 0 unspecified atom stereocenters. The fourth-order valence-electron chi connectivity index (χ4n) is 2.53. The van der Waals surface area contributed by atoms with Crippen molar-refractivity contribution < 1.29 is 18.7 Å². The van der Waals surface area contributed by atoms with Crippen LogP contribution in [0.25, 0.3) is 11.3 Å². The van der Waals surface area contributed by atoms with Gasteiger partial charge in [-0.15, -0.1) is 0 Å². The molecule has 1 heterocycles. The quantitative estimate of drug-likeness (QED) is 0.592. The monoisotopic (exact) mass is 386 g/mol. The predicted molar refractivity (Wildman–Crippen MR) is 106 cm³/mol. The average molecular weight is 387 g/mol. The highest BCUT2D eigenvalue weighted by molar-refractivity contribution is 6.32. The minimum Gasteiger partial charge on any atom is -0.495 e. The van der Waals surface area contributed by atoms with E-state index >= 15 is 0 Å². The van der Waals surface area contributed by atoms with Gasteiger partial charge in [0.25, 0.3) is 5.91 Å². The molecule has 0 aliphatic carbocycles. The minimum absolute atomic E-state index is 0.158. The number of carbonyl (C=O) groups excluding carboxylic acids is 1. The number of hydrogen-bond donors (Lipinski definition) is 2. The fourth-order valence-corrected chi connectivity index (χ4v) is 2.79. The standard InChI is InChI=1S/C20H19ClN2O4/c1-3-26-13-5-6-16(15(22)11-13)23-20(24)19-9-8-17(27-19)12-4-7-18(25-2)14(21)10-12/h4-11H,3,22H2,1-2H3,(H,23,24). The SMILES string of the molecule is CCOc1ccc(NC(=O)c2ccc(-c3ccc(OC)c(Cl)c3)o2)c(N)c1. The first-order valence-electron chi connectivity index (χ1n) is 8.29. The van der Waals surface area contributed by atoms with Crippen molar-refractivity contribution in [3.8, 4) is 22.8 Å². The number of benzene rings is 2. The Balaban J connectivity index is 1.76. The third kappa shape index (κ3) is 4.17. The maximum absolute atomic E-state index is 12.5. The number of carbonyl (C=O) groups is 1. The molecule has 0 spiro atoms. The molecule has 0 bridgehead atoms. The van der Waals surface area contributed by atoms with E-state index in [1.165, 1.54) is 0 Å². The predicted octanol–water partition coefficient (Wildman–Crippen LogP) is 4.84. The largest absolute Gasteiger partial charge is 0.495 e. The molecule has 140 valence electrons. The Labute approximate surface area is 161 Å². The van der Waals surface area contributed by atoms with Crippen LogP contribution in [-0.2, 0) is 0 Å². The Morgan fingerprint density at radius 2 is 2.00 bits per heavy atom. The van der Waals surface area contributed by atoms with Crippen molar-refractivity contribution in [2.45, 2.75) is 6.92 Å². The van der Waals surface area contributed by atoms with Crippen molar-refractivity contribution in [2.75, 3.05) is 24.8 Å². The number of nitrogens with two attached hydrogens (primary N) is 1. The number of furan rings is 1. The van der Waals surface area contributed by atoms with E-state index in [9.17, 15) is 4.79 Å². The van der Waals surface area contributed by atoms with E-state index in [1.807, 2.05) is 6.92 Å². The zero-order valence-electron chi connectivity index (χ0n) is 14.9. The molecule has 0 fully saturated rings. The Morgan fingerprint density at radius 3 is 2.67 bits per heavy atom. The first-order chi connectivity index (χ1) is 13.0. The Hall–Kier alpha value is -3.12. The van der Waals surface area contributed by atoms with Crippen molar-refractivity contribution in [1.82, 2.24) is 0 Å². The first-order valence-corrected chi connectivity index (χ1v) is 8.67. The molecule has 0 saturated heterocycles. The van der Waals surface area contributed by atoms with E-state index in [1.54, 1.807) is 55.6 Å². The molecule has 0 atom stereocenters. The van der Waals surface area contributed by atoms with Gasteiger partial charge in [-0.2, -0.15) is 0 Å². The van der Waals surface area contributed by atoms with Crippen LogP contribution in [-0.4, -0.2) is 19.6 Å². The highest BCUT2D eigenvalue weighted by Crippen LogP contribution is 2.31. The maximum Gasteiger partial charge on any atom is 0.291 e. The summed E-state index contributed by atoms with van der Waals surface area (Å²) in [6, 6.07) is 13.6. The highest BCUT2D eigenvalue weighted by atomic mass is 35.5. The summed E-state index contributed by atoms with van der Waals surface area (Å²) in [5, 5.41) is 3.19. The van der Waals surface area contributed by atoms with Crippen LogP contribution in [0.3, 0.4) is 0 Å². The number of nitrogen functional groups attached to an aromatic ring is 1. The van der Waals surface area contributed by atoms with Gasteiger partial charge in [0.2, 0.25) is 0 Å². The van der Waals surface area contributed by atoms with E-state index in [-0.39, 0.29) is 5.76 Å². The van der Waals surface area contributed by atoms with Gasteiger partial charge in [0.1, 0.15) is 17.3 Å². The van der Waals surface area contributed by atoms with Crippen LogP contribution in [0.5, 0.6) is 11.5 Å². The molecule has 3 aromatic rings. The number of rotatable bonds is 6. The lowest BCUT2D eigenvalue weighted by atomic mass is 10.2. The molecule has 3 N–H and O–H groups in total. The molecule has 0 saturated carbocycles. The lowest BCUT2D eigenvalue weighted by molar-refractivity contribution is 0.0997. The van der Waals surface area contributed by atoms with E-state index < -0.39 is 5.91 Å². The van der Waals surface area contributed by atoms with Gasteiger partial charge >= 0.3 is 0 Å². The highest BCUT2D eigenvalue weighted by Gasteiger charge is 2.15. The van der Waals surface area contributed by atoms with Gasteiger partial charge in [0.15, 0.2) is 5.76 Å². The first kappa shape index (κ1) is 18.7. The summed E-state index contributed by atoms with van der Waals surface area (Å²) in [7, 11) is 1.54. The summed E-state index contributed by atoms with van der Waals surface area (Å²) in [5.74, 6) is 1.48. The van der Waals surface area contributed by atoms with Crippen LogP contribution >= 0.6 is 11.6 Å². The summed E-state index contributed by atoms with van der Waals surface area (Å²) in [5.41, 5.74) is 7.59. The van der Waals surface area contributed by atoms with E-state index in [4.69, 9.17) is 31.2 Å². The lowest BCUT2D eigenvalue weighted by Crippen LogP contribution is -2.12. The molecule has 0 aliphatic heterocycles. The second kappa shape index (κ2) is 8.05. The average Bonchev–Trinajstić information content (AvgIpc) is 3.14. The van der Waals surface area contributed by atoms with Crippen LogP contribution in [0.4, 0.5) is 11.4 Å². The molecule has 2 aromatic carbocycles. The number of amides is 1. The maximum atomic E-state index is 12.5. The number of nitrogens with one attached hydrogen (secondary N) is 1. The molecule has 1 aromatic heterocycles. The van der Waals surface area contributed by atoms with Gasteiger partial charge in [-0.05, 0) is 49.4 Å². The van der Waals surface area contributed by atoms with Crippen LogP contribution in [0.2, 0.25) is 5.02 Å². The number of ether oxygens (including phenoxy) is 2. The molecule has 7 heteroatoms. The van der Waals surface area contributed by atoms with Crippen LogP contribution in [0.1, 0.15) is 17.5 Å². The molecule has 27 heavy (non-hydrogen) atoms. The fraction of sp³-hybridized carbons (Fsp3) is 0.150. The molecule has 0 radical (unpaired) electrons. The van der Waals surface area contributed by atoms with Gasteiger partial charge in [0.05, 0.1) is 30.1 Å². The van der Waals surface area contributed by atoms with Gasteiger partial charge in [-0.25, -0.2) is 0 Å². The smallest absolute Gasteiger partial charge is 0.291 e. The molecule has 0 aliphatic rings. The van der Waals surface area contributed by atoms with Gasteiger partial charge < -0.3 is 24.9 Å². The normalized spacial score (nSPS) is 10.5. The minimum atomic E-state index is -0.406. The van der Waals surface area contributed by atoms with E-state index in [0.29, 0.717) is 40.3 Å². The van der Waals surface area contributed by atoms with Crippen molar-refractivity contribution in [2.24, 2.45) is 0 Å².